The molecule has 8 nitrogen and oxygen atoms in total. The minimum atomic E-state index is -3.89. The summed E-state index contributed by atoms with van der Waals surface area (Å²) in [6.07, 6.45) is 1.55. The molecule has 188 valence electrons. The Kier molecular flexibility index (Phi) is 6.82. The second-order valence-corrected chi connectivity index (χ2v) is 10.7. The Morgan fingerprint density at radius 3 is 1.89 bits per heavy atom. The molecule has 2 heterocycles. The van der Waals surface area contributed by atoms with Crippen LogP contribution in [-0.2, 0) is 10.0 Å². The number of para-hydroxylation sites is 1. The van der Waals surface area contributed by atoms with E-state index >= 15 is 0 Å². The number of carbonyl (C=O) groups is 2. The third kappa shape index (κ3) is 5.28. The zero-order valence-corrected chi connectivity index (χ0v) is 21.2. The highest BCUT2D eigenvalue weighted by Crippen LogP contribution is 2.24. The predicted octanol–water partition coefficient (Wildman–Crippen LogP) is 4.29. The lowest BCUT2D eigenvalue weighted by Crippen LogP contribution is -2.50. The van der Waals surface area contributed by atoms with Crippen molar-refractivity contribution in [2.24, 2.45) is 0 Å². The van der Waals surface area contributed by atoms with Gasteiger partial charge in [0.15, 0.2) is 0 Å². The summed E-state index contributed by atoms with van der Waals surface area (Å²) in [5.74, 6) is -0.270. The van der Waals surface area contributed by atoms with Crippen LogP contribution in [0.4, 0.5) is 5.69 Å². The average molecular weight is 535 g/mol. The fourth-order valence-electron chi connectivity index (χ4n) is 4.25. The number of fused-ring (bicyclic) bond motifs is 1. The summed E-state index contributed by atoms with van der Waals surface area (Å²) in [7, 11) is -3.89. The van der Waals surface area contributed by atoms with E-state index in [2.05, 4.69) is 9.71 Å². The van der Waals surface area contributed by atoms with Crippen molar-refractivity contribution in [3.8, 4) is 0 Å². The third-order valence-corrected chi connectivity index (χ3v) is 7.88. The normalized spacial score (nSPS) is 14.0. The van der Waals surface area contributed by atoms with Crippen molar-refractivity contribution in [3.05, 3.63) is 101 Å². The number of anilines is 1. The summed E-state index contributed by atoms with van der Waals surface area (Å²) >= 11 is 5.90. The summed E-state index contributed by atoms with van der Waals surface area (Å²) in [6, 6.07) is 21.6. The van der Waals surface area contributed by atoms with Crippen LogP contribution in [0.25, 0.3) is 10.9 Å². The molecule has 0 spiro atoms. The fourth-order valence-corrected chi connectivity index (χ4v) is 5.62. The predicted molar refractivity (Wildman–Crippen MR) is 142 cm³/mol. The number of aromatic nitrogens is 1. The quantitative estimate of drug-likeness (QED) is 0.412. The third-order valence-electron chi connectivity index (χ3n) is 6.21. The topological polar surface area (TPSA) is 99.7 Å². The summed E-state index contributed by atoms with van der Waals surface area (Å²) < 4.78 is 28.6. The van der Waals surface area contributed by atoms with Gasteiger partial charge in [0.05, 0.1) is 5.52 Å². The standard InChI is InChI=1S/C27H23ClN4O4S/c28-22-10-6-20(7-11-22)26(33)31-15-17-32(18-16-31)27(34)21-8-12-23(13-9-21)30-37(35,36)24-5-1-3-19-4-2-14-29-25(19)24/h1-14,30H,15-18H2. The molecule has 5 rings (SSSR count). The van der Waals surface area contributed by atoms with Gasteiger partial charge < -0.3 is 9.80 Å². The zero-order chi connectivity index (χ0) is 26.0. The van der Waals surface area contributed by atoms with Crippen LogP contribution >= 0.6 is 11.6 Å². The molecule has 10 heteroatoms. The van der Waals surface area contributed by atoms with E-state index in [9.17, 15) is 18.0 Å². The minimum absolute atomic E-state index is 0.0803. The molecule has 0 radical (unpaired) electrons. The van der Waals surface area contributed by atoms with E-state index in [4.69, 9.17) is 11.6 Å². The van der Waals surface area contributed by atoms with Crippen molar-refractivity contribution < 1.29 is 18.0 Å². The maximum absolute atomic E-state index is 13.0. The molecule has 4 aromatic rings. The molecule has 1 aliphatic rings. The van der Waals surface area contributed by atoms with E-state index < -0.39 is 10.0 Å². The van der Waals surface area contributed by atoms with Crippen molar-refractivity contribution in [3.63, 3.8) is 0 Å². The van der Waals surface area contributed by atoms with E-state index in [1.54, 1.807) is 88.8 Å². The number of nitrogens with zero attached hydrogens (tertiary/aromatic N) is 3. The highest BCUT2D eigenvalue weighted by atomic mass is 35.5. The second-order valence-electron chi connectivity index (χ2n) is 8.61. The first-order valence-electron chi connectivity index (χ1n) is 11.6. The summed E-state index contributed by atoms with van der Waals surface area (Å²) in [4.78, 5) is 33.4. The molecule has 0 aliphatic carbocycles. The zero-order valence-electron chi connectivity index (χ0n) is 19.7. The Labute approximate surface area is 219 Å². The molecule has 37 heavy (non-hydrogen) atoms. The Hall–Kier alpha value is -3.95. The van der Waals surface area contributed by atoms with Crippen molar-refractivity contribution in [1.82, 2.24) is 14.8 Å². The van der Waals surface area contributed by atoms with Crippen LogP contribution in [0.3, 0.4) is 0 Å². The minimum Gasteiger partial charge on any atom is -0.335 e. The van der Waals surface area contributed by atoms with Crippen molar-refractivity contribution in [2.45, 2.75) is 4.90 Å². The van der Waals surface area contributed by atoms with Crippen LogP contribution in [0.1, 0.15) is 20.7 Å². The smallest absolute Gasteiger partial charge is 0.264 e. The summed E-state index contributed by atoms with van der Waals surface area (Å²) in [6.45, 7) is 1.65. The first-order chi connectivity index (χ1) is 17.8. The number of hydrogen-bond donors (Lipinski definition) is 1. The number of halogens is 1. The van der Waals surface area contributed by atoms with Crippen LogP contribution in [0.5, 0.6) is 0 Å². The molecule has 0 unspecified atom stereocenters. The van der Waals surface area contributed by atoms with E-state index in [0.29, 0.717) is 53.5 Å². The SMILES string of the molecule is O=C(c1ccc(Cl)cc1)N1CCN(C(=O)c2ccc(NS(=O)(=O)c3cccc4cccnc34)cc2)CC1. The van der Waals surface area contributed by atoms with Gasteiger partial charge in [0.1, 0.15) is 4.90 Å². The molecule has 1 aliphatic heterocycles. The Balaban J connectivity index is 1.23. The molecule has 1 saturated heterocycles. The summed E-state index contributed by atoms with van der Waals surface area (Å²) in [5, 5.41) is 1.29. The molecular formula is C27H23ClN4O4S. The van der Waals surface area contributed by atoms with Crippen LogP contribution in [0.15, 0.2) is 90.0 Å². The van der Waals surface area contributed by atoms with E-state index in [1.807, 2.05) is 0 Å². The molecule has 2 amide bonds. The Bertz CT molecular complexity index is 1560. The number of hydrogen-bond acceptors (Lipinski definition) is 5. The van der Waals surface area contributed by atoms with Gasteiger partial charge in [-0.2, -0.15) is 0 Å². The number of piperazine rings is 1. The van der Waals surface area contributed by atoms with E-state index in [0.717, 1.165) is 5.39 Å². The van der Waals surface area contributed by atoms with Crippen LogP contribution in [0.2, 0.25) is 5.02 Å². The second kappa shape index (κ2) is 10.2. The van der Waals surface area contributed by atoms with Gasteiger partial charge >= 0.3 is 0 Å². The van der Waals surface area contributed by atoms with Crippen LogP contribution in [-0.4, -0.2) is 61.2 Å². The maximum atomic E-state index is 13.0. The lowest BCUT2D eigenvalue weighted by atomic mass is 10.1. The Morgan fingerprint density at radius 2 is 1.30 bits per heavy atom. The first-order valence-corrected chi connectivity index (χ1v) is 13.5. The number of pyridine rings is 1. The highest BCUT2D eigenvalue weighted by molar-refractivity contribution is 7.93. The number of sulfonamides is 1. The molecule has 3 aromatic carbocycles. The molecule has 0 bridgehead atoms. The lowest BCUT2D eigenvalue weighted by Gasteiger charge is -2.35. The number of carbonyl (C=O) groups excluding carboxylic acids is 2. The number of rotatable bonds is 5. The molecule has 0 saturated carbocycles. The van der Waals surface area contributed by atoms with Crippen LogP contribution in [0, 0.1) is 0 Å². The molecular weight excluding hydrogens is 512 g/mol. The average Bonchev–Trinajstić information content (AvgIpc) is 2.92. The van der Waals surface area contributed by atoms with Gasteiger partial charge in [-0.3, -0.25) is 19.3 Å². The molecule has 1 N–H and O–H groups in total. The van der Waals surface area contributed by atoms with Gasteiger partial charge in [0, 0.05) is 59.6 Å². The molecule has 1 aromatic heterocycles. The monoisotopic (exact) mass is 534 g/mol. The van der Waals surface area contributed by atoms with Crippen molar-refractivity contribution >= 4 is 50.0 Å². The van der Waals surface area contributed by atoms with Gasteiger partial charge in [0.2, 0.25) is 0 Å². The van der Waals surface area contributed by atoms with E-state index in [1.165, 1.54) is 6.07 Å². The maximum Gasteiger partial charge on any atom is 0.264 e. The van der Waals surface area contributed by atoms with Crippen molar-refractivity contribution in [1.29, 1.82) is 0 Å². The van der Waals surface area contributed by atoms with Gasteiger partial charge in [-0.05, 0) is 60.7 Å². The lowest BCUT2D eigenvalue weighted by molar-refractivity contribution is 0.0535. The molecule has 0 atom stereocenters. The fraction of sp³-hybridized carbons (Fsp3) is 0.148. The van der Waals surface area contributed by atoms with Crippen molar-refractivity contribution in [2.75, 3.05) is 30.9 Å². The summed E-state index contributed by atoms with van der Waals surface area (Å²) in [5.41, 5.74) is 1.72. The molecule has 1 fully saturated rings. The first kappa shape index (κ1) is 24.7. The van der Waals surface area contributed by atoms with Crippen LogP contribution < -0.4 is 4.72 Å². The number of nitrogens with one attached hydrogen (secondary N) is 1. The van der Waals surface area contributed by atoms with E-state index in [-0.39, 0.29) is 16.7 Å². The largest absolute Gasteiger partial charge is 0.335 e. The van der Waals surface area contributed by atoms with Gasteiger partial charge in [-0.15, -0.1) is 0 Å². The number of benzene rings is 3. The number of amides is 2. The van der Waals surface area contributed by atoms with Gasteiger partial charge in [-0.1, -0.05) is 29.8 Å². The van der Waals surface area contributed by atoms with Gasteiger partial charge in [0.25, 0.3) is 21.8 Å². The van der Waals surface area contributed by atoms with Gasteiger partial charge in [-0.25, -0.2) is 8.42 Å². The Morgan fingerprint density at radius 1 is 0.757 bits per heavy atom. The highest BCUT2D eigenvalue weighted by Gasteiger charge is 2.26.